The fourth-order valence-electron chi connectivity index (χ4n) is 2.20. The Balaban J connectivity index is 1.70. The molecule has 2 rings (SSSR count). The van der Waals surface area contributed by atoms with Crippen LogP contribution in [0.25, 0.3) is 0 Å². The first-order valence-corrected chi connectivity index (χ1v) is 8.79. The zero-order chi connectivity index (χ0) is 16.5. The number of amides is 1. The smallest absolute Gasteiger partial charge is 0.228 e. The zero-order valence-corrected chi connectivity index (χ0v) is 14.4. The molecule has 1 heterocycles. The quantitative estimate of drug-likeness (QED) is 0.705. The van der Waals surface area contributed by atoms with Crippen molar-refractivity contribution in [2.75, 3.05) is 11.9 Å². The van der Waals surface area contributed by atoms with Gasteiger partial charge in [0.1, 0.15) is 5.01 Å². The molecule has 124 valence electrons. The van der Waals surface area contributed by atoms with Crippen molar-refractivity contribution in [3.05, 3.63) is 40.9 Å². The fraction of sp³-hybridized carbons (Fsp3) is 0.471. The maximum atomic E-state index is 11.9. The molecule has 0 radical (unpaired) electrons. The highest BCUT2D eigenvalue weighted by Crippen LogP contribution is 2.27. The highest BCUT2D eigenvalue weighted by atomic mass is 32.1. The van der Waals surface area contributed by atoms with Gasteiger partial charge >= 0.3 is 0 Å². The molecule has 0 spiro atoms. The van der Waals surface area contributed by atoms with Crippen molar-refractivity contribution >= 4 is 22.4 Å². The van der Waals surface area contributed by atoms with E-state index in [0.29, 0.717) is 30.7 Å². The standard InChI is InChI=1S/C17H23N3O2S/c1-3-14(4-2)16-19-20-17(23-16)18-15(21)10-11-22-12-13-8-6-5-7-9-13/h5-9,14H,3-4,10-12H2,1-2H3,(H,18,20,21). The van der Waals surface area contributed by atoms with Gasteiger partial charge < -0.3 is 10.1 Å². The maximum Gasteiger partial charge on any atom is 0.228 e. The number of hydrogen-bond donors (Lipinski definition) is 1. The molecule has 0 bridgehead atoms. The van der Waals surface area contributed by atoms with E-state index in [1.807, 2.05) is 30.3 Å². The molecule has 6 heteroatoms. The average molecular weight is 333 g/mol. The number of benzene rings is 1. The number of hydrogen-bond acceptors (Lipinski definition) is 5. The van der Waals surface area contributed by atoms with Gasteiger partial charge in [-0.1, -0.05) is 55.5 Å². The van der Waals surface area contributed by atoms with Gasteiger partial charge in [0, 0.05) is 5.92 Å². The molecule has 1 amide bonds. The van der Waals surface area contributed by atoms with Gasteiger partial charge in [0.2, 0.25) is 11.0 Å². The van der Waals surface area contributed by atoms with E-state index in [9.17, 15) is 4.79 Å². The molecule has 0 fully saturated rings. The predicted octanol–water partition coefficient (Wildman–Crippen LogP) is 3.99. The Morgan fingerprint density at radius 3 is 2.65 bits per heavy atom. The van der Waals surface area contributed by atoms with Crippen LogP contribution in [0.2, 0.25) is 0 Å². The average Bonchev–Trinajstić information content (AvgIpc) is 3.02. The second-order valence-corrected chi connectivity index (χ2v) is 6.30. The monoisotopic (exact) mass is 333 g/mol. The first-order valence-electron chi connectivity index (χ1n) is 7.97. The van der Waals surface area contributed by atoms with Crippen LogP contribution in [0.1, 0.15) is 49.6 Å². The fourth-order valence-corrected chi connectivity index (χ4v) is 3.23. The van der Waals surface area contributed by atoms with E-state index in [1.54, 1.807) is 0 Å². The highest BCUT2D eigenvalue weighted by molar-refractivity contribution is 7.15. The summed E-state index contributed by atoms with van der Waals surface area (Å²) in [5, 5.41) is 12.6. The lowest BCUT2D eigenvalue weighted by atomic mass is 10.1. The highest BCUT2D eigenvalue weighted by Gasteiger charge is 2.14. The van der Waals surface area contributed by atoms with Gasteiger partial charge in [-0.15, -0.1) is 10.2 Å². The van der Waals surface area contributed by atoms with Crippen molar-refractivity contribution in [1.82, 2.24) is 10.2 Å². The van der Waals surface area contributed by atoms with Crippen molar-refractivity contribution < 1.29 is 9.53 Å². The van der Waals surface area contributed by atoms with Crippen molar-refractivity contribution in [3.8, 4) is 0 Å². The Morgan fingerprint density at radius 2 is 1.96 bits per heavy atom. The van der Waals surface area contributed by atoms with Crippen molar-refractivity contribution in [1.29, 1.82) is 0 Å². The molecule has 2 aromatic rings. The molecule has 0 unspecified atom stereocenters. The van der Waals surface area contributed by atoms with E-state index in [4.69, 9.17) is 4.74 Å². The summed E-state index contributed by atoms with van der Waals surface area (Å²) in [4.78, 5) is 11.9. The summed E-state index contributed by atoms with van der Waals surface area (Å²) in [6.45, 7) is 5.18. The van der Waals surface area contributed by atoms with E-state index in [-0.39, 0.29) is 5.91 Å². The van der Waals surface area contributed by atoms with Gasteiger partial charge in [-0.05, 0) is 18.4 Å². The molecule has 0 saturated carbocycles. The minimum Gasteiger partial charge on any atom is -0.376 e. The van der Waals surface area contributed by atoms with Crippen LogP contribution >= 0.6 is 11.3 Å². The maximum absolute atomic E-state index is 11.9. The van der Waals surface area contributed by atoms with Gasteiger partial charge in [-0.25, -0.2) is 0 Å². The molecule has 0 saturated heterocycles. The summed E-state index contributed by atoms with van der Waals surface area (Å²) >= 11 is 1.46. The van der Waals surface area contributed by atoms with Crippen LogP contribution in [-0.2, 0) is 16.1 Å². The third-order valence-electron chi connectivity index (χ3n) is 3.61. The van der Waals surface area contributed by atoms with Gasteiger partial charge in [-0.2, -0.15) is 0 Å². The minimum atomic E-state index is -0.0923. The Kier molecular flexibility index (Phi) is 7.16. The first kappa shape index (κ1) is 17.6. The second kappa shape index (κ2) is 9.37. The molecule has 1 N–H and O–H groups in total. The molecule has 0 atom stereocenters. The molecule has 0 aliphatic rings. The van der Waals surface area contributed by atoms with E-state index in [0.717, 1.165) is 23.4 Å². The Bertz CT molecular complexity index is 597. The number of nitrogens with one attached hydrogen (secondary N) is 1. The lowest BCUT2D eigenvalue weighted by Gasteiger charge is -2.06. The minimum absolute atomic E-state index is 0.0923. The Morgan fingerprint density at radius 1 is 1.22 bits per heavy atom. The number of anilines is 1. The summed E-state index contributed by atoms with van der Waals surface area (Å²) in [7, 11) is 0. The molecule has 1 aromatic heterocycles. The molecule has 1 aromatic carbocycles. The van der Waals surface area contributed by atoms with Crippen LogP contribution in [0.15, 0.2) is 30.3 Å². The Hall–Kier alpha value is -1.79. The first-order chi connectivity index (χ1) is 11.2. The zero-order valence-electron chi connectivity index (χ0n) is 13.6. The van der Waals surface area contributed by atoms with Crippen LogP contribution in [0.4, 0.5) is 5.13 Å². The molecule has 23 heavy (non-hydrogen) atoms. The topological polar surface area (TPSA) is 64.1 Å². The van der Waals surface area contributed by atoms with E-state index in [2.05, 4.69) is 29.4 Å². The van der Waals surface area contributed by atoms with Crippen molar-refractivity contribution in [2.45, 2.75) is 45.6 Å². The summed E-state index contributed by atoms with van der Waals surface area (Å²) in [5.74, 6) is 0.331. The van der Waals surface area contributed by atoms with E-state index >= 15 is 0 Å². The van der Waals surface area contributed by atoms with Gasteiger partial charge in [0.15, 0.2) is 0 Å². The van der Waals surface area contributed by atoms with E-state index in [1.165, 1.54) is 11.3 Å². The summed E-state index contributed by atoms with van der Waals surface area (Å²) in [6, 6.07) is 9.91. The normalized spacial score (nSPS) is 10.9. The third kappa shape index (κ3) is 5.73. The number of aromatic nitrogens is 2. The number of carbonyl (C=O) groups excluding carboxylic acids is 1. The van der Waals surface area contributed by atoms with Crippen LogP contribution in [-0.4, -0.2) is 22.7 Å². The lowest BCUT2D eigenvalue weighted by Crippen LogP contribution is -2.14. The van der Waals surface area contributed by atoms with Crippen molar-refractivity contribution in [3.63, 3.8) is 0 Å². The van der Waals surface area contributed by atoms with Gasteiger partial charge in [-0.3, -0.25) is 4.79 Å². The second-order valence-electron chi connectivity index (χ2n) is 5.30. The summed E-state index contributed by atoms with van der Waals surface area (Å²) < 4.78 is 5.51. The van der Waals surface area contributed by atoms with Crippen LogP contribution in [0.5, 0.6) is 0 Å². The van der Waals surface area contributed by atoms with Crippen LogP contribution in [0.3, 0.4) is 0 Å². The summed E-state index contributed by atoms with van der Waals surface area (Å²) in [5.41, 5.74) is 1.10. The van der Waals surface area contributed by atoms with Gasteiger partial charge in [0.25, 0.3) is 0 Å². The molecule has 0 aliphatic carbocycles. The van der Waals surface area contributed by atoms with Crippen LogP contribution in [0, 0.1) is 0 Å². The Labute approximate surface area is 141 Å². The SMILES string of the molecule is CCC(CC)c1nnc(NC(=O)CCOCc2ccccc2)s1. The molecular weight excluding hydrogens is 310 g/mol. The number of nitrogens with zero attached hydrogens (tertiary/aromatic N) is 2. The van der Waals surface area contributed by atoms with Crippen molar-refractivity contribution in [2.24, 2.45) is 0 Å². The lowest BCUT2D eigenvalue weighted by molar-refractivity contribution is -0.117. The number of ether oxygens (including phenoxy) is 1. The number of carbonyl (C=O) groups is 1. The largest absolute Gasteiger partial charge is 0.376 e. The molecule has 0 aliphatic heterocycles. The summed E-state index contributed by atoms with van der Waals surface area (Å²) in [6.07, 6.45) is 2.38. The molecular formula is C17H23N3O2S. The predicted molar refractivity (Wildman–Crippen MR) is 92.6 cm³/mol. The third-order valence-corrected chi connectivity index (χ3v) is 4.61. The number of rotatable bonds is 9. The molecule has 5 nitrogen and oxygen atoms in total. The van der Waals surface area contributed by atoms with E-state index < -0.39 is 0 Å². The van der Waals surface area contributed by atoms with Gasteiger partial charge in [0.05, 0.1) is 19.6 Å². The van der Waals surface area contributed by atoms with Crippen LogP contribution < -0.4 is 5.32 Å².